The van der Waals surface area contributed by atoms with Gasteiger partial charge in [0.2, 0.25) is 0 Å². The molecule has 0 aromatic heterocycles. The van der Waals surface area contributed by atoms with Gasteiger partial charge >= 0.3 is 17.9 Å². The Kier molecular flexibility index (Phi) is 17.6. The van der Waals surface area contributed by atoms with Crippen molar-refractivity contribution in [3.63, 3.8) is 0 Å². The highest BCUT2D eigenvalue weighted by Gasteiger charge is 2.12. The normalized spacial score (nSPS) is 9.89. The highest BCUT2D eigenvalue weighted by molar-refractivity contribution is 5.93. The van der Waals surface area contributed by atoms with Crippen LogP contribution in [0.5, 0.6) is 17.2 Å². The Balaban J connectivity index is 0.000000382. The maximum Gasteiger partial charge on any atom is 0.343 e. The number of carbonyl (C=O) groups excluding carboxylic acids is 4. The molecule has 47 heavy (non-hydrogen) atoms. The molecule has 0 aliphatic heterocycles. The fourth-order valence-corrected chi connectivity index (χ4v) is 3.63. The molecule has 3 aromatic carbocycles. The molecule has 0 spiro atoms. The van der Waals surface area contributed by atoms with Gasteiger partial charge in [-0.05, 0) is 72.6 Å². The zero-order valence-electron chi connectivity index (χ0n) is 26.3. The van der Waals surface area contributed by atoms with Crippen molar-refractivity contribution in [1.29, 1.82) is 5.41 Å². The monoisotopic (exact) mass is 645 g/mol. The zero-order chi connectivity index (χ0) is 34.3. The van der Waals surface area contributed by atoms with Crippen LogP contribution in [-0.4, -0.2) is 70.6 Å². The molecule has 0 saturated heterocycles. The number of hydrogen-bond donors (Lipinski definition) is 1. The summed E-state index contributed by atoms with van der Waals surface area (Å²) >= 11 is 0. The predicted molar refractivity (Wildman–Crippen MR) is 176 cm³/mol. The summed E-state index contributed by atoms with van der Waals surface area (Å²) in [7, 11) is 1.63. The van der Waals surface area contributed by atoms with Crippen LogP contribution in [0.4, 0.5) is 0 Å². The van der Waals surface area contributed by atoms with E-state index in [0.29, 0.717) is 79.6 Å². The Hall–Kier alpha value is -5.55. The van der Waals surface area contributed by atoms with Crippen molar-refractivity contribution in [2.75, 3.05) is 40.1 Å². The van der Waals surface area contributed by atoms with Gasteiger partial charge in [-0.15, -0.1) is 0 Å². The van der Waals surface area contributed by atoms with Crippen LogP contribution < -0.4 is 14.2 Å². The fourth-order valence-electron chi connectivity index (χ4n) is 3.63. The second-order valence-corrected chi connectivity index (χ2v) is 9.51. The molecule has 1 N–H and O–H groups in total. The largest absolute Gasteiger partial charge is 0.493 e. The molecule has 0 saturated carbocycles. The first-order valence-corrected chi connectivity index (χ1v) is 14.7. The van der Waals surface area contributed by atoms with E-state index in [2.05, 4.69) is 13.2 Å². The molecule has 0 bridgehead atoms. The molecule has 0 fully saturated rings. The van der Waals surface area contributed by atoms with E-state index < -0.39 is 17.9 Å². The van der Waals surface area contributed by atoms with E-state index in [9.17, 15) is 19.2 Å². The van der Waals surface area contributed by atoms with Gasteiger partial charge in [0.05, 0.1) is 38.6 Å². The molecular weight excluding hydrogens is 606 g/mol. The standard InChI is InChI=1S/C23H25NO6.C13H14O4/c1-3-22(25)29-13-4-12-28-20-8-6-18(7-9-20)23(26)30-21-10-5-17(11-14-27-2)15-19(21)16-24;1-2-13(15)17-9-3-8-16-12-6-4-11(10-14)5-7-12/h3,5-10,15-16,24H,1,4,11-14H2,2H3;2,4-7,10H,1,3,8-9H2. The summed E-state index contributed by atoms with van der Waals surface area (Å²) in [6, 6.07) is 18.7. The first-order valence-electron chi connectivity index (χ1n) is 14.7. The maximum absolute atomic E-state index is 12.4. The van der Waals surface area contributed by atoms with Crippen molar-refractivity contribution < 1.29 is 47.6 Å². The Morgan fingerprint density at radius 2 is 1.30 bits per heavy atom. The Labute approximate surface area is 274 Å². The molecule has 0 amide bonds. The van der Waals surface area contributed by atoms with Crippen molar-refractivity contribution >= 4 is 30.4 Å². The number of hydrogen-bond acceptors (Lipinski definition) is 11. The maximum atomic E-state index is 12.4. The molecule has 0 aliphatic rings. The Bertz CT molecular complexity index is 1470. The molecule has 0 radical (unpaired) electrons. The lowest BCUT2D eigenvalue weighted by Gasteiger charge is -2.10. The van der Waals surface area contributed by atoms with E-state index in [1.165, 1.54) is 0 Å². The van der Waals surface area contributed by atoms with E-state index in [1.807, 2.05) is 6.07 Å². The molecule has 3 rings (SSSR count). The average molecular weight is 646 g/mol. The van der Waals surface area contributed by atoms with E-state index in [1.54, 1.807) is 67.8 Å². The van der Waals surface area contributed by atoms with Crippen molar-refractivity contribution in [1.82, 2.24) is 0 Å². The number of benzene rings is 3. The van der Waals surface area contributed by atoms with Gasteiger partial charge < -0.3 is 33.8 Å². The number of aldehydes is 1. The van der Waals surface area contributed by atoms with Crippen molar-refractivity contribution in [2.24, 2.45) is 0 Å². The van der Waals surface area contributed by atoms with Crippen LogP contribution in [0, 0.1) is 5.41 Å². The topological polar surface area (TPSA) is 148 Å². The number of rotatable bonds is 19. The summed E-state index contributed by atoms with van der Waals surface area (Å²) in [6.45, 7) is 8.55. The van der Waals surface area contributed by atoms with E-state index in [4.69, 9.17) is 33.8 Å². The van der Waals surface area contributed by atoms with Gasteiger partial charge in [-0.2, -0.15) is 0 Å². The minimum Gasteiger partial charge on any atom is -0.493 e. The number of methoxy groups -OCH3 is 1. The third-order valence-corrected chi connectivity index (χ3v) is 6.07. The van der Waals surface area contributed by atoms with E-state index >= 15 is 0 Å². The van der Waals surface area contributed by atoms with Crippen LogP contribution in [0.3, 0.4) is 0 Å². The number of esters is 3. The summed E-state index contributed by atoms with van der Waals surface area (Å²) in [5.74, 6) is 0.181. The summed E-state index contributed by atoms with van der Waals surface area (Å²) in [5, 5.41) is 7.57. The molecular formula is C36H39NO10. The SMILES string of the molecule is C=CC(=O)OCCCOc1ccc(C(=O)Oc2ccc(CCOC)cc2C=N)cc1.C=CC(=O)OCCCOc1ccc(C=O)cc1. The Morgan fingerprint density at radius 3 is 1.79 bits per heavy atom. The lowest BCUT2D eigenvalue weighted by atomic mass is 10.1. The number of carbonyl (C=O) groups is 4. The fraction of sp³-hybridized carbons (Fsp3) is 0.250. The second kappa shape index (κ2) is 22.0. The van der Waals surface area contributed by atoms with Gasteiger partial charge in [0.15, 0.2) is 0 Å². The first kappa shape index (κ1) is 37.6. The summed E-state index contributed by atoms with van der Waals surface area (Å²) in [5.41, 5.74) is 2.49. The molecule has 0 atom stereocenters. The van der Waals surface area contributed by atoms with Gasteiger partial charge in [-0.25, -0.2) is 14.4 Å². The lowest BCUT2D eigenvalue weighted by molar-refractivity contribution is -0.138. The third-order valence-electron chi connectivity index (χ3n) is 6.07. The molecule has 248 valence electrons. The van der Waals surface area contributed by atoms with E-state index in [0.717, 1.165) is 30.2 Å². The van der Waals surface area contributed by atoms with Gasteiger partial charge in [-0.1, -0.05) is 19.2 Å². The van der Waals surface area contributed by atoms with Gasteiger partial charge in [-0.3, -0.25) is 4.79 Å². The summed E-state index contributed by atoms with van der Waals surface area (Å²) in [6.07, 6.45) is 6.02. The highest BCUT2D eigenvalue weighted by atomic mass is 16.5. The van der Waals surface area contributed by atoms with Crippen LogP contribution in [0.25, 0.3) is 0 Å². The van der Waals surface area contributed by atoms with Gasteiger partial charge in [0.1, 0.15) is 23.5 Å². The predicted octanol–water partition coefficient (Wildman–Crippen LogP) is 5.59. The van der Waals surface area contributed by atoms with Gasteiger partial charge in [0, 0.05) is 49.4 Å². The summed E-state index contributed by atoms with van der Waals surface area (Å²) in [4.78, 5) is 44.5. The third kappa shape index (κ3) is 14.9. The number of nitrogens with one attached hydrogen (secondary N) is 1. The van der Waals surface area contributed by atoms with Crippen LogP contribution in [0.15, 0.2) is 92.0 Å². The number of ether oxygens (including phenoxy) is 6. The molecule has 11 nitrogen and oxygen atoms in total. The molecule has 3 aromatic rings. The molecule has 11 heteroatoms. The average Bonchev–Trinajstić information content (AvgIpc) is 3.11. The van der Waals surface area contributed by atoms with Crippen LogP contribution >= 0.6 is 0 Å². The summed E-state index contributed by atoms with van der Waals surface area (Å²) < 4.78 is 31.1. The second-order valence-electron chi connectivity index (χ2n) is 9.51. The quantitative estimate of drug-likeness (QED) is 0.0437. The van der Waals surface area contributed by atoms with Crippen LogP contribution in [-0.2, 0) is 30.2 Å². The van der Waals surface area contributed by atoms with Crippen molar-refractivity contribution in [3.05, 3.63) is 114 Å². The minimum atomic E-state index is -0.523. The zero-order valence-corrected chi connectivity index (χ0v) is 26.3. The molecule has 0 unspecified atom stereocenters. The smallest absolute Gasteiger partial charge is 0.343 e. The molecule has 0 aliphatic carbocycles. The Morgan fingerprint density at radius 1 is 0.745 bits per heavy atom. The minimum absolute atomic E-state index is 0.245. The first-order chi connectivity index (χ1) is 22.8. The van der Waals surface area contributed by atoms with Crippen LogP contribution in [0.2, 0.25) is 0 Å². The van der Waals surface area contributed by atoms with Crippen LogP contribution in [0.1, 0.15) is 44.7 Å². The molecule has 0 heterocycles. The van der Waals surface area contributed by atoms with Crippen molar-refractivity contribution in [2.45, 2.75) is 19.3 Å². The van der Waals surface area contributed by atoms with E-state index in [-0.39, 0.29) is 6.61 Å². The lowest BCUT2D eigenvalue weighted by Crippen LogP contribution is -2.10. The van der Waals surface area contributed by atoms with Gasteiger partial charge in [0.25, 0.3) is 0 Å². The highest BCUT2D eigenvalue weighted by Crippen LogP contribution is 2.21. The van der Waals surface area contributed by atoms with Crippen molar-refractivity contribution in [3.8, 4) is 17.2 Å².